The molecule has 0 fully saturated rings. The summed E-state index contributed by atoms with van der Waals surface area (Å²) in [5.74, 6) is -1.54. The largest absolute Gasteiger partial charge is 0.508 e. The molecule has 0 saturated heterocycles. The monoisotopic (exact) mass is 466 g/mol. The van der Waals surface area contributed by atoms with Gasteiger partial charge in [-0.25, -0.2) is 9.59 Å². The van der Waals surface area contributed by atoms with Crippen LogP contribution in [-0.2, 0) is 10.8 Å². The van der Waals surface area contributed by atoms with Crippen molar-refractivity contribution in [3.63, 3.8) is 0 Å². The summed E-state index contributed by atoms with van der Waals surface area (Å²) in [5.41, 5.74) is 2.32. The van der Waals surface area contributed by atoms with Gasteiger partial charge in [-0.1, -0.05) is 84.0 Å². The molecule has 0 bridgehead atoms. The number of carboxylic acids is 2. The number of carboxylic acid groups (broad SMARTS) is 2. The van der Waals surface area contributed by atoms with Gasteiger partial charge in [0.1, 0.15) is 11.5 Å². The Morgan fingerprint density at radius 3 is 1.09 bits per heavy atom. The number of phenols is 2. The van der Waals surface area contributed by atoms with E-state index >= 15 is 0 Å². The molecule has 0 spiro atoms. The zero-order valence-electron chi connectivity index (χ0n) is 20.5. The minimum atomic E-state index is -0.856. The Kier molecular flexibility index (Phi) is 9.87. The lowest BCUT2D eigenvalue weighted by molar-refractivity contribution is 0.0683. The van der Waals surface area contributed by atoms with Gasteiger partial charge in [0, 0.05) is 6.07 Å². The normalized spacial score (nSPS) is 10.8. The summed E-state index contributed by atoms with van der Waals surface area (Å²) in [6.45, 7) is 12.1. The van der Waals surface area contributed by atoms with Crippen molar-refractivity contribution in [1.29, 1.82) is 0 Å². The van der Waals surface area contributed by atoms with Crippen molar-refractivity contribution in [3.8, 4) is 11.5 Å². The maximum absolute atomic E-state index is 10.9. The number of rotatable bonds is 2. The van der Waals surface area contributed by atoms with Gasteiger partial charge in [0.15, 0.2) is 0 Å². The van der Waals surface area contributed by atoms with Crippen molar-refractivity contribution in [2.75, 3.05) is 0 Å². The summed E-state index contributed by atoms with van der Waals surface area (Å²) in [4.78, 5) is 21.7. The van der Waals surface area contributed by atoms with Crippen LogP contribution < -0.4 is 0 Å². The van der Waals surface area contributed by atoms with Crippen LogP contribution in [0.3, 0.4) is 0 Å². The van der Waals surface area contributed by atoms with E-state index in [1.807, 2.05) is 65.8 Å². The molecule has 34 heavy (non-hydrogen) atoms. The van der Waals surface area contributed by atoms with Crippen LogP contribution in [0.15, 0.2) is 72.8 Å². The molecule has 4 N–H and O–H groups in total. The van der Waals surface area contributed by atoms with Crippen LogP contribution in [0.2, 0.25) is 0 Å². The van der Waals surface area contributed by atoms with Gasteiger partial charge in [-0.2, -0.15) is 0 Å². The number of aromatic hydroxyl groups is 2. The Hall–Kier alpha value is -3.80. The molecule has 0 aromatic heterocycles. The molecular weight excluding hydrogens is 432 g/mol. The highest BCUT2D eigenvalue weighted by atomic mass is 16.4. The standard InChI is InChI=1S/2C11H14O2.C6H6O2/c2*1-11(2,3)9-7-5-4-6-8(9)10(12)13;7-5-2-1-3-6(8)4-5/h2*4-7H,1-3H3,(H,12,13);1-4,7-8H. The SMILES string of the molecule is CC(C)(C)c1ccccc1C(=O)O.CC(C)(C)c1ccccc1C(=O)O.Oc1cccc(O)c1. The molecule has 6 heteroatoms. The summed E-state index contributed by atoms with van der Waals surface area (Å²) >= 11 is 0. The average molecular weight is 467 g/mol. The van der Waals surface area contributed by atoms with Gasteiger partial charge in [0.05, 0.1) is 11.1 Å². The summed E-state index contributed by atoms with van der Waals surface area (Å²) in [6.07, 6.45) is 0. The zero-order valence-corrected chi connectivity index (χ0v) is 20.5. The predicted molar refractivity (Wildman–Crippen MR) is 134 cm³/mol. The fourth-order valence-corrected chi connectivity index (χ4v) is 3.14. The molecule has 3 aromatic rings. The first-order chi connectivity index (χ1) is 15.6. The van der Waals surface area contributed by atoms with Gasteiger partial charge in [0.25, 0.3) is 0 Å². The molecule has 0 aliphatic heterocycles. The first-order valence-corrected chi connectivity index (χ1v) is 10.8. The van der Waals surface area contributed by atoms with Crippen LogP contribution in [0.4, 0.5) is 0 Å². The first kappa shape index (κ1) is 28.2. The van der Waals surface area contributed by atoms with E-state index in [4.69, 9.17) is 20.4 Å². The number of aromatic carboxylic acids is 2. The quantitative estimate of drug-likeness (QED) is 0.344. The van der Waals surface area contributed by atoms with Crippen LogP contribution in [-0.4, -0.2) is 32.4 Å². The predicted octanol–water partition coefficient (Wildman–Crippen LogP) is 6.46. The highest BCUT2D eigenvalue weighted by Gasteiger charge is 2.21. The van der Waals surface area contributed by atoms with E-state index < -0.39 is 11.9 Å². The second-order valence-electron chi connectivity index (χ2n) is 9.72. The topological polar surface area (TPSA) is 115 Å². The number of hydrogen-bond acceptors (Lipinski definition) is 4. The molecule has 3 aromatic carbocycles. The number of carbonyl (C=O) groups is 2. The molecule has 0 saturated carbocycles. The first-order valence-electron chi connectivity index (χ1n) is 10.8. The molecule has 0 atom stereocenters. The molecule has 0 aliphatic carbocycles. The molecule has 182 valence electrons. The van der Waals surface area contributed by atoms with Crippen LogP contribution in [0.1, 0.15) is 73.4 Å². The van der Waals surface area contributed by atoms with Gasteiger partial charge in [-0.15, -0.1) is 0 Å². The third kappa shape index (κ3) is 8.98. The Morgan fingerprint density at radius 1 is 0.559 bits per heavy atom. The van der Waals surface area contributed by atoms with E-state index in [2.05, 4.69) is 0 Å². The van der Waals surface area contributed by atoms with E-state index in [1.54, 1.807) is 30.3 Å². The number of benzene rings is 3. The van der Waals surface area contributed by atoms with Crippen molar-refractivity contribution < 1.29 is 30.0 Å². The lowest BCUT2D eigenvalue weighted by Gasteiger charge is -2.20. The molecule has 3 rings (SSSR count). The minimum Gasteiger partial charge on any atom is -0.508 e. The second kappa shape index (κ2) is 11.9. The molecule has 0 heterocycles. The van der Waals surface area contributed by atoms with Gasteiger partial charge in [-0.3, -0.25) is 0 Å². The lowest BCUT2D eigenvalue weighted by Crippen LogP contribution is -2.16. The van der Waals surface area contributed by atoms with Crippen LogP contribution in [0, 0.1) is 0 Å². The van der Waals surface area contributed by atoms with Gasteiger partial charge in [0.2, 0.25) is 0 Å². The molecular formula is C28H34O6. The highest BCUT2D eigenvalue weighted by molar-refractivity contribution is 5.90. The fourth-order valence-electron chi connectivity index (χ4n) is 3.14. The van der Waals surface area contributed by atoms with E-state index in [1.165, 1.54) is 18.2 Å². The lowest BCUT2D eigenvalue weighted by atomic mass is 9.84. The second-order valence-corrected chi connectivity index (χ2v) is 9.72. The Balaban J connectivity index is 0.000000263. The Bertz CT molecular complexity index is 1020. The molecule has 0 aliphatic rings. The number of phenolic OH excluding ortho intramolecular Hbond substituents is 2. The summed E-state index contributed by atoms with van der Waals surface area (Å²) < 4.78 is 0. The minimum absolute atomic E-state index is 0.0880. The molecule has 0 unspecified atom stereocenters. The number of hydrogen-bond donors (Lipinski definition) is 4. The van der Waals surface area contributed by atoms with Crippen molar-refractivity contribution >= 4 is 11.9 Å². The highest BCUT2D eigenvalue weighted by Crippen LogP contribution is 2.26. The molecule has 0 radical (unpaired) electrons. The Labute approximate surface area is 201 Å². The third-order valence-electron chi connectivity index (χ3n) is 4.76. The van der Waals surface area contributed by atoms with Crippen molar-refractivity contribution in [3.05, 3.63) is 95.1 Å². The maximum atomic E-state index is 10.9. The van der Waals surface area contributed by atoms with Crippen LogP contribution >= 0.6 is 0 Å². The zero-order chi connectivity index (χ0) is 26.1. The van der Waals surface area contributed by atoms with E-state index in [9.17, 15) is 9.59 Å². The smallest absolute Gasteiger partial charge is 0.335 e. The van der Waals surface area contributed by atoms with Crippen molar-refractivity contribution in [2.24, 2.45) is 0 Å². The van der Waals surface area contributed by atoms with Crippen LogP contribution in [0.5, 0.6) is 11.5 Å². The van der Waals surface area contributed by atoms with E-state index in [0.717, 1.165) is 11.1 Å². The van der Waals surface area contributed by atoms with Gasteiger partial charge < -0.3 is 20.4 Å². The van der Waals surface area contributed by atoms with Crippen molar-refractivity contribution in [2.45, 2.75) is 52.4 Å². The summed E-state index contributed by atoms with van der Waals surface area (Å²) in [5, 5.41) is 35.2. The molecule has 0 amide bonds. The van der Waals surface area contributed by atoms with E-state index in [0.29, 0.717) is 11.1 Å². The Morgan fingerprint density at radius 2 is 0.882 bits per heavy atom. The van der Waals surface area contributed by atoms with Gasteiger partial charge in [-0.05, 0) is 46.2 Å². The maximum Gasteiger partial charge on any atom is 0.335 e. The van der Waals surface area contributed by atoms with E-state index in [-0.39, 0.29) is 22.3 Å². The third-order valence-corrected chi connectivity index (χ3v) is 4.76. The van der Waals surface area contributed by atoms with Gasteiger partial charge >= 0.3 is 11.9 Å². The summed E-state index contributed by atoms with van der Waals surface area (Å²) in [6, 6.07) is 20.1. The van der Waals surface area contributed by atoms with Crippen LogP contribution in [0.25, 0.3) is 0 Å². The molecule has 6 nitrogen and oxygen atoms in total. The average Bonchev–Trinajstić information content (AvgIpc) is 2.73. The summed E-state index contributed by atoms with van der Waals surface area (Å²) in [7, 11) is 0. The fraction of sp³-hybridized carbons (Fsp3) is 0.286. The van der Waals surface area contributed by atoms with Crippen molar-refractivity contribution in [1.82, 2.24) is 0 Å².